The predicted molar refractivity (Wildman–Crippen MR) is 103 cm³/mol. The maximum atomic E-state index is 5.97. The largest absolute Gasteiger partial charge is 0.493 e. The van der Waals surface area contributed by atoms with Crippen LogP contribution in [0.3, 0.4) is 0 Å². The minimum atomic E-state index is 0.455. The van der Waals surface area contributed by atoms with Crippen molar-refractivity contribution in [3.05, 3.63) is 34.6 Å². The van der Waals surface area contributed by atoms with E-state index >= 15 is 0 Å². The first kappa shape index (κ1) is 17.6. The molecule has 0 saturated heterocycles. The van der Waals surface area contributed by atoms with Gasteiger partial charge in [-0.2, -0.15) is 5.10 Å². The van der Waals surface area contributed by atoms with Gasteiger partial charge in [0.2, 0.25) is 0 Å². The van der Waals surface area contributed by atoms with E-state index in [0.29, 0.717) is 17.2 Å². The molecule has 0 radical (unpaired) electrons. The van der Waals surface area contributed by atoms with E-state index in [1.54, 1.807) is 0 Å². The number of aromatic nitrogens is 4. The van der Waals surface area contributed by atoms with Crippen LogP contribution in [0.1, 0.15) is 32.9 Å². The Morgan fingerprint density at radius 1 is 1.28 bits per heavy atom. The molecule has 0 aliphatic rings. The third kappa shape index (κ3) is 3.58. The fourth-order valence-electron chi connectivity index (χ4n) is 2.84. The highest BCUT2D eigenvalue weighted by Gasteiger charge is 2.15. The average molecular weight is 356 g/mol. The van der Waals surface area contributed by atoms with Gasteiger partial charge in [-0.25, -0.2) is 4.98 Å². The fraction of sp³-hybridized carbons (Fsp3) is 0.421. The molecule has 2 heterocycles. The first-order valence-electron chi connectivity index (χ1n) is 8.69. The van der Waals surface area contributed by atoms with Crippen LogP contribution in [0.15, 0.2) is 24.3 Å². The second-order valence-corrected chi connectivity index (χ2v) is 7.02. The number of hydrogen-bond donors (Lipinski definition) is 1. The van der Waals surface area contributed by atoms with E-state index in [1.165, 1.54) is 0 Å². The van der Waals surface area contributed by atoms with Crippen molar-refractivity contribution in [2.75, 3.05) is 6.61 Å². The Morgan fingerprint density at radius 3 is 2.76 bits per heavy atom. The molecule has 3 aromatic rings. The van der Waals surface area contributed by atoms with Gasteiger partial charge in [0, 0.05) is 7.05 Å². The Labute approximate surface area is 153 Å². The van der Waals surface area contributed by atoms with E-state index < -0.39 is 0 Å². The van der Waals surface area contributed by atoms with Gasteiger partial charge in [-0.05, 0) is 24.5 Å². The lowest BCUT2D eigenvalue weighted by molar-refractivity contribution is 0.272. The van der Waals surface area contributed by atoms with Crippen LogP contribution in [0.4, 0.5) is 0 Å². The molecule has 2 aromatic heterocycles. The van der Waals surface area contributed by atoms with Gasteiger partial charge >= 0.3 is 0 Å². The predicted octanol–water partition coefficient (Wildman–Crippen LogP) is 4.68. The first-order chi connectivity index (χ1) is 12.0. The number of rotatable bonds is 6. The van der Waals surface area contributed by atoms with Crippen molar-refractivity contribution in [3.63, 3.8) is 0 Å². The molecule has 0 atom stereocenters. The molecule has 1 N–H and O–H groups in total. The molecule has 0 spiro atoms. The summed E-state index contributed by atoms with van der Waals surface area (Å²) in [5.74, 6) is 1.99. The average Bonchev–Trinajstić information content (AvgIpc) is 2.90. The van der Waals surface area contributed by atoms with Gasteiger partial charge in [-0.1, -0.05) is 51.5 Å². The number of para-hydroxylation sites is 1. The van der Waals surface area contributed by atoms with Gasteiger partial charge in [-0.3, -0.25) is 4.68 Å². The van der Waals surface area contributed by atoms with E-state index in [2.05, 4.69) is 35.8 Å². The van der Waals surface area contributed by atoms with E-state index in [1.807, 2.05) is 36.0 Å². The molecule has 0 aliphatic heterocycles. The van der Waals surface area contributed by atoms with Gasteiger partial charge in [0.25, 0.3) is 0 Å². The lowest BCUT2D eigenvalue weighted by atomic mass is 10.1. The number of hydrogen-bond acceptors (Lipinski definition) is 4. The van der Waals surface area contributed by atoms with Crippen molar-refractivity contribution in [1.29, 1.82) is 0 Å². The van der Waals surface area contributed by atoms with Gasteiger partial charge in [-0.15, -0.1) is 0 Å². The molecule has 5 nitrogen and oxygen atoms in total. The number of ether oxygens (including phenoxy) is 1. The number of fused-ring (bicyclic) bond motifs is 1. The molecule has 3 rings (SSSR count). The number of benzene rings is 1. The lowest BCUT2D eigenvalue weighted by Crippen LogP contribution is -2.06. The minimum Gasteiger partial charge on any atom is -0.493 e. The molecule has 0 fully saturated rings. The molecule has 0 unspecified atom stereocenters. The Balaban J connectivity index is 2.14. The highest BCUT2D eigenvalue weighted by Crippen LogP contribution is 2.29. The second-order valence-electron chi connectivity index (χ2n) is 6.64. The van der Waals surface area contributed by atoms with Crippen LogP contribution in [-0.2, 0) is 13.5 Å². The number of H-pyrrole nitrogens is 1. The van der Waals surface area contributed by atoms with E-state index in [9.17, 15) is 0 Å². The van der Waals surface area contributed by atoms with Crippen molar-refractivity contribution in [3.8, 4) is 17.1 Å². The molecule has 6 heteroatoms. The lowest BCUT2D eigenvalue weighted by Gasteiger charge is -2.13. The minimum absolute atomic E-state index is 0.455. The fourth-order valence-corrected chi connectivity index (χ4v) is 3.17. The Kier molecular flexibility index (Phi) is 5.18. The van der Waals surface area contributed by atoms with Crippen molar-refractivity contribution in [2.24, 2.45) is 13.0 Å². The highest BCUT2D eigenvalue weighted by atomic mass is 32.1. The van der Waals surface area contributed by atoms with Gasteiger partial charge in [0.1, 0.15) is 17.1 Å². The number of nitrogens with zero attached hydrogens (tertiary/aromatic N) is 3. The maximum absolute atomic E-state index is 5.97. The summed E-state index contributed by atoms with van der Waals surface area (Å²) >= 11 is 5.54. The summed E-state index contributed by atoms with van der Waals surface area (Å²) in [5.41, 5.74) is 3.79. The molecule has 0 amide bonds. The molecule has 0 bridgehead atoms. The normalized spacial score (nSPS) is 11.4. The molecular weight excluding hydrogens is 332 g/mol. The zero-order valence-electron chi connectivity index (χ0n) is 15.2. The summed E-state index contributed by atoms with van der Waals surface area (Å²) in [4.78, 5) is 8.06. The third-order valence-corrected chi connectivity index (χ3v) is 4.26. The van der Waals surface area contributed by atoms with Crippen molar-refractivity contribution in [1.82, 2.24) is 19.7 Å². The van der Waals surface area contributed by atoms with Gasteiger partial charge < -0.3 is 9.72 Å². The molecular formula is C19H24N4OS. The Morgan fingerprint density at radius 2 is 2.04 bits per heavy atom. The number of aromatic amines is 1. The standard InChI is InChI=1S/C19H24N4OS/c1-5-8-14-16-17(23(4)22-14)19(25)21-18(20-16)13-9-6-7-10-15(13)24-11-12(2)3/h6-7,9-10,12H,5,8,11H2,1-4H3,(H,20,21,25). The van der Waals surface area contributed by atoms with Gasteiger partial charge in [0.05, 0.1) is 23.4 Å². The monoisotopic (exact) mass is 356 g/mol. The van der Waals surface area contributed by atoms with Gasteiger partial charge in [0.15, 0.2) is 4.64 Å². The smallest absolute Gasteiger partial charge is 0.156 e. The third-order valence-electron chi connectivity index (χ3n) is 3.98. The Hall–Kier alpha value is -2.21. The van der Waals surface area contributed by atoms with E-state index in [4.69, 9.17) is 17.0 Å². The maximum Gasteiger partial charge on any atom is 0.156 e. The van der Waals surface area contributed by atoms with E-state index in [-0.39, 0.29) is 0 Å². The summed E-state index contributed by atoms with van der Waals surface area (Å²) in [6, 6.07) is 7.93. The van der Waals surface area contributed by atoms with Crippen molar-refractivity contribution >= 4 is 23.3 Å². The van der Waals surface area contributed by atoms with Crippen LogP contribution >= 0.6 is 12.2 Å². The summed E-state index contributed by atoms with van der Waals surface area (Å²) in [6.45, 7) is 7.07. The SMILES string of the molecule is CCCc1nn(C)c2c(=S)nc(-c3ccccc3OCC(C)C)[nH]c12. The molecule has 1 aromatic carbocycles. The summed E-state index contributed by atoms with van der Waals surface area (Å²) < 4.78 is 8.34. The number of nitrogens with one attached hydrogen (secondary N) is 1. The quantitative estimate of drug-likeness (QED) is 0.652. The summed E-state index contributed by atoms with van der Waals surface area (Å²) in [5, 5.41) is 4.60. The van der Waals surface area contributed by atoms with Crippen LogP contribution < -0.4 is 4.74 Å². The Bertz CT molecular complexity index is 942. The zero-order valence-corrected chi connectivity index (χ0v) is 16.0. The summed E-state index contributed by atoms with van der Waals surface area (Å²) in [6.07, 6.45) is 1.93. The molecule has 0 saturated carbocycles. The number of aryl methyl sites for hydroxylation is 2. The molecule has 25 heavy (non-hydrogen) atoms. The van der Waals surface area contributed by atoms with Crippen molar-refractivity contribution in [2.45, 2.75) is 33.6 Å². The zero-order chi connectivity index (χ0) is 18.0. The van der Waals surface area contributed by atoms with Crippen LogP contribution in [0.2, 0.25) is 0 Å². The summed E-state index contributed by atoms with van der Waals surface area (Å²) in [7, 11) is 1.91. The topological polar surface area (TPSA) is 55.7 Å². The first-order valence-corrected chi connectivity index (χ1v) is 9.10. The van der Waals surface area contributed by atoms with Crippen LogP contribution in [-0.4, -0.2) is 26.4 Å². The second kappa shape index (κ2) is 7.35. The molecule has 0 aliphatic carbocycles. The van der Waals surface area contributed by atoms with Crippen molar-refractivity contribution < 1.29 is 4.74 Å². The van der Waals surface area contributed by atoms with Crippen LogP contribution in [0.25, 0.3) is 22.4 Å². The van der Waals surface area contributed by atoms with E-state index in [0.717, 1.165) is 46.7 Å². The van der Waals surface area contributed by atoms with Crippen LogP contribution in [0, 0.1) is 10.6 Å². The highest BCUT2D eigenvalue weighted by molar-refractivity contribution is 7.71. The molecule has 132 valence electrons. The van der Waals surface area contributed by atoms with Crippen LogP contribution in [0.5, 0.6) is 5.75 Å².